The molecule has 0 amide bonds. The van der Waals surface area contributed by atoms with Crippen LogP contribution in [0, 0.1) is 0 Å². The van der Waals surface area contributed by atoms with Gasteiger partial charge in [-0.25, -0.2) is 0 Å². The van der Waals surface area contributed by atoms with Gasteiger partial charge in [-0.3, -0.25) is 0 Å². The van der Waals surface area contributed by atoms with Crippen molar-refractivity contribution in [3.8, 4) is 0 Å². The van der Waals surface area contributed by atoms with Crippen LogP contribution in [0.3, 0.4) is 0 Å². The third kappa shape index (κ3) is 3.94. The summed E-state index contributed by atoms with van der Waals surface area (Å²) in [5, 5.41) is 3.79. The van der Waals surface area contributed by atoms with Crippen LogP contribution in [0.25, 0.3) is 0 Å². The molecule has 1 aliphatic rings. The Balaban J connectivity index is 1.96. The van der Waals surface area contributed by atoms with E-state index in [0.29, 0.717) is 12.1 Å². The van der Waals surface area contributed by atoms with Gasteiger partial charge >= 0.3 is 0 Å². The Morgan fingerprint density at radius 3 is 2.89 bits per heavy atom. The van der Waals surface area contributed by atoms with Crippen molar-refractivity contribution in [1.82, 2.24) is 10.2 Å². The Hall–Kier alpha value is -0.0900. The molecule has 1 heterocycles. The molecule has 1 aliphatic carbocycles. The highest BCUT2D eigenvalue weighted by molar-refractivity contribution is 7.16. The van der Waals surface area contributed by atoms with Gasteiger partial charge in [0.2, 0.25) is 0 Å². The maximum atomic E-state index is 6.16. The van der Waals surface area contributed by atoms with Gasteiger partial charge in [0, 0.05) is 23.5 Å². The zero-order valence-corrected chi connectivity index (χ0v) is 13.8. The maximum absolute atomic E-state index is 6.16. The molecule has 19 heavy (non-hydrogen) atoms. The lowest BCUT2D eigenvalue weighted by molar-refractivity contribution is 0.257. The summed E-state index contributed by atoms with van der Waals surface area (Å²) >= 11 is 7.92. The van der Waals surface area contributed by atoms with Crippen LogP contribution in [0.1, 0.15) is 50.1 Å². The predicted molar refractivity (Wildman–Crippen MR) is 85.4 cm³/mol. The third-order valence-corrected chi connectivity index (χ3v) is 5.34. The van der Waals surface area contributed by atoms with E-state index in [4.69, 9.17) is 11.6 Å². The molecule has 108 valence electrons. The molecule has 0 saturated heterocycles. The molecule has 0 spiro atoms. The summed E-state index contributed by atoms with van der Waals surface area (Å²) in [6.07, 6.45) is 3.72. The van der Waals surface area contributed by atoms with Crippen LogP contribution in [0.4, 0.5) is 0 Å². The van der Waals surface area contributed by atoms with E-state index >= 15 is 0 Å². The van der Waals surface area contributed by atoms with Crippen LogP contribution >= 0.6 is 22.9 Å². The first-order valence-electron chi connectivity index (χ1n) is 7.40. The molecule has 1 aromatic heterocycles. The summed E-state index contributed by atoms with van der Waals surface area (Å²) in [6, 6.07) is 3.19. The highest BCUT2D eigenvalue weighted by atomic mass is 35.5. The first-order valence-corrected chi connectivity index (χ1v) is 8.60. The van der Waals surface area contributed by atoms with Crippen LogP contribution in [0.5, 0.6) is 0 Å². The maximum Gasteiger partial charge on any atom is 0.0934 e. The molecule has 0 aliphatic heterocycles. The van der Waals surface area contributed by atoms with E-state index in [2.05, 4.69) is 37.1 Å². The second-order valence-electron chi connectivity index (χ2n) is 5.43. The average Bonchev–Trinajstić information content (AvgIpc) is 2.77. The normalized spacial score (nSPS) is 20.6. The van der Waals surface area contributed by atoms with Crippen molar-refractivity contribution in [2.75, 3.05) is 19.6 Å². The lowest BCUT2D eigenvalue weighted by Gasteiger charge is -2.30. The molecule has 2 rings (SSSR count). The number of hydrogen-bond acceptors (Lipinski definition) is 3. The summed E-state index contributed by atoms with van der Waals surface area (Å²) < 4.78 is 0.940. The molecule has 0 bridgehead atoms. The molecule has 0 aromatic carbocycles. The fraction of sp³-hybridized carbons (Fsp3) is 0.733. The van der Waals surface area contributed by atoms with Gasteiger partial charge in [-0.05, 0) is 50.9 Å². The minimum absolute atomic E-state index is 0.498. The Kier molecular flexibility index (Phi) is 5.70. The van der Waals surface area contributed by atoms with Crippen molar-refractivity contribution in [3.63, 3.8) is 0 Å². The minimum atomic E-state index is 0.498. The van der Waals surface area contributed by atoms with Gasteiger partial charge in [-0.15, -0.1) is 11.3 Å². The molecule has 0 fully saturated rings. The molecule has 2 unspecified atom stereocenters. The second kappa shape index (κ2) is 7.07. The van der Waals surface area contributed by atoms with Crippen molar-refractivity contribution < 1.29 is 0 Å². The zero-order valence-electron chi connectivity index (χ0n) is 12.2. The topological polar surface area (TPSA) is 15.3 Å². The van der Waals surface area contributed by atoms with Gasteiger partial charge in [0.25, 0.3) is 0 Å². The molecule has 1 N–H and O–H groups in total. The monoisotopic (exact) mass is 300 g/mol. The van der Waals surface area contributed by atoms with E-state index in [1.165, 1.54) is 29.7 Å². The lowest BCUT2D eigenvalue weighted by Crippen LogP contribution is -2.41. The largest absolute Gasteiger partial charge is 0.306 e. The zero-order chi connectivity index (χ0) is 13.8. The van der Waals surface area contributed by atoms with Crippen molar-refractivity contribution in [1.29, 1.82) is 0 Å². The number of hydrogen-bond donors (Lipinski definition) is 1. The van der Waals surface area contributed by atoms with Gasteiger partial charge in [0.1, 0.15) is 0 Å². The number of likely N-dealkylation sites (N-methyl/N-ethyl adjacent to an activating group) is 1. The van der Waals surface area contributed by atoms with Gasteiger partial charge in [0.15, 0.2) is 0 Å². The molecule has 4 heteroatoms. The Labute approximate surface area is 126 Å². The predicted octanol–water partition coefficient (Wildman–Crippen LogP) is 4.10. The van der Waals surface area contributed by atoms with Gasteiger partial charge in [0.05, 0.1) is 4.34 Å². The van der Waals surface area contributed by atoms with Gasteiger partial charge in [-0.1, -0.05) is 25.4 Å². The first kappa shape index (κ1) is 15.3. The standard InChI is InChI=1S/C15H25ClN2S/c1-4-18(5-2)10-11(3)17-13-7-6-8-14-12(13)9-15(16)19-14/h9,11,13,17H,4-8,10H2,1-3H3. The van der Waals surface area contributed by atoms with E-state index in [0.717, 1.165) is 24.0 Å². The molecule has 1 aromatic rings. The number of nitrogens with one attached hydrogen (secondary N) is 1. The van der Waals surface area contributed by atoms with E-state index in [1.807, 2.05) is 0 Å². The molecule has 0 saturated carbocycles. The van der Waals surface area contributed by atoms with Crippen molar-refractivity contribution in [2.24, 2.45) is 0 Å². The van der Waals surface area contributed by atoms with Crippen molar-refractivity contribution in [2.45, 2.75) is 52.1 Å². The first-order chi connectivity index (χ1) is 9.13. The fourth-order valence-corrected chi connectivity index (χ4v) is 4.34. The molecule has 2 nitrogen and oxygen atoms in total. The van der Waals surface area contributed by atoms with Gasteiger partial charge in [-0.2, -0.15) is 0 Å². The number of nitrogens with zero attached hydrogens (tertiary/aromatic N) is 1. The molecule has 0 radical (unpaired) electrons. The fourth-order valence-electron chi connectivity index (χ4n) is 2.96. The quantitative estimate of drug-likeness (QED) is 0.851. The number of fused-ring (bicyclic) bond motifs is 1. The van der Waals surface area contributed by atoms with Crippen LogP contribution in [0.2, 0.25) is 4.34 Å². The number of rotatable bonds is 6. The second-order valence-corrected chi connectivity index (χ2v) is 7.20. The minimum Gasteiger partial charge on any atom is -0.306 e. The van der Waals surface area contributed by atoms with Crippen LogP contribution in [0.15, 0.2) is 6.07 Å². The van der Waals surface area contributed by atoms with E-state index in [-0.39, 0.29) is 0 Å². The van der Waals surface area contributed by atoms with Crippen molar-refractivity contribution in [3.05, 3.63) is 20.8 Å². The third-order valence-electron chi connectivity index (χ3n) is 4.00. The number of halogens is 1. The van der Waals surface area contributed by atoms with Gasteiger partial charge < -0.3 is 10.2 Å². The Morgan fingerprint density at radius 1 is 1.47 bits per heavy atom. The molecule has 2 atom stereocenters. The average molecular weight is 301 g/mol. The number of aryl methyl sites for hydroxylation is 1. The van der Waals surface area contributed by atoms with Crippen LogP contribution < -0.4 is 5.32 Å². The summed E-state index contributed by atoms with van der Waals surface area (Å²) in [5.74, 6) is 0. The smallest absolute Gasteiger partial charge is 0.0934 e. The summed E-state index contributed by atoms with van der Waals surface area (Å²) in [5.41, 5.74) is 1.45. The lowest BCUT2D eigenvalue weighted by atomic mass is 9.93. The Bertz CT molecular complexity index is 401. The summed E-state index contributed by atoms with van der Waals surface area (Å²) in [7, 11) is 0. The summed E-state index contributed by atoms with van der Waals surface area (Å²) in [4.78, 5) is 3.96. The van der Waals surface area contributed by atoms with E-state index in [1.54, 1.807) is 11.3 Å². The van der Waals surface area contributed by atoms with Crippen molar-refractivity contribution >= 4 is 22.9 Å². The van der Waals surface area contributed by atoms with Crippen LogP contribution in [-0.2, 0) is 6.42 Å². The molecular weight excluding hydrogens is 276 g/mol. The van der Waals surface area contributed by atoms with E-state index < -0.39 is 0 Å². The van der Waals surface area contributed by atoms with E-state index in [9.17, 15) is 0 Å². The molecular formula is C15H25ClN2S. The SMILES string of the molecule is CCN(CC)CC(C)NC1CCCc2sc(Cl)cc21. The highest BCUT2D eigenvalue weighted by Crippen LogP contribution is 2.37. The van der Waals surface area contributed by atoms with Crippen LogP contribution in [-0.4, -0.2) is 30.6 Å². The Morgan fingerprint density at radius 2 is 2.21 bits per heavy atom. The number of thiophene rings is 1. The summed E-state index contributed by atoms with van der Waals surface area (Å²) in [6.45, 7) is 10.1. The highest BCUT2D eigenvalue weighted by Gasteiger charge is 2.24.